The fraction of sp³-hybridized carbons (Fsp3) is 0.667. The Bertz CT molecular complexity index is 164. The van der Waals surface area contributed by atoms with Gasteiger partial charge in [-0.15, -0.1) is 0 Å². The fourth-order valence-corrected chi connectivity index (χ4v) is 0.378. The van der Waals surface area contributed by atoms with Gasteiger partial charge in [0, 0.05) is 5.57 Å². The van der Waals surface area contributed by atoms with Crippen LogP contribution in [0.3, 0.4) is 0 Å². The van der Waals surface area contributed by atoms with Crippen molar-refractivity contribution >= 4 is 5.97 Å². The van der Waals surface area contributed by atoms with Crippen LogP contribution in [-0.2, 0) is 19.3 Å². The van der Waals surface area contributed by atoms with E-state index in [0.717, 1.165) is 0 Å². The van der Waals surface area contributed by atoms with Crippen molar-refractivity contribution in [2.75, 3.05) is 33.5 Å². The minimum atomic E-state index is -0.535. The maximum Gasteiger partial charge on any atom is 0.368 e. The highest BCUT2D eigenvalue weighted by atomic mass is 17.2. The molecule has 90 valence electrons. The van der Waals surface area contributed by atoms with Gasteiger partial charge < -0.3 is 14.9 Å². The van der Waals surface area contributed by atoms with Gasteiger partial charge in [0.05, 0.1) is 33.5 Å². The average Bonchev–Trinajstić information content (AvgIpc) is 2.20. The lowest BCUT2D eigenvalue weighted by Crippen LogP contribution is -2.03. The minimum Gasteiger partial charge on any atom is -0.394 e. The van der Waals surface area contributed by atoms with Crippen molar-refractivity contribution in [2.24, 2.45) is 0 Å². The lowest BCUT2D eigenvalue weighted by Gasteiger charge is -1.94. The topological polar surface area (TPSA) is 85.2 Å². The third-order valence-corrected chi connectivity index (χ3v) is 0.979. The van der Waals surface area contributed by atoms with Crippen LogP contribution in [0, 0.1) is 0 Å². The number of rotatable bonds is 6. The third kappa shape index (κ3) is 15.8. The molecule has 2 N–H and O–H groups in total. The second-order valence-electron chi connectivity index (χ2n) is 2.38. The summed E-state index contributed by atoms with van der Waals surface area (Å²) in [5.41, 5.74) is 0.326. The molecule has 6 nitrogen and oxygen atoms in total. The van der Waals surface area contributed by atoms with Crippen LogP contribution in [0.25, 0.3) is 0 Å². The monoisotopic (exact) mass is 222 g/mol. The molecule has 0 saturated heterocycles. The maximum absolute atomic E-state index is 10.3. The number of carbonyl (C=O) groups excluding carboxylic acids is 1. The van der Waals surface area contributed by atoms with Gasteiger partial charge in [-0.2, -0.15) is 4.89 Å². The van der Waals surface area contributed by atoms with E-state index < -0.39 is 5.97 Å². The minimum absolute atomic E-state index is 0.0278. The molecule has 15 heavy (non-hydrogen) atoms. The Kier molecular flexibility index (Phi) is 14.3. The van der Waals surface area contributed by atoms with Crippen LogP contribution in [0.1, 0.15) is 6.92 Å². The second-order valence-corrected chi connectivity index (χ2v) is 2.38. The standard InChI is InChI=1S/C5H8O3.C4H10O3/c1-4(2)5(6)8-7-3;5-1-3-7-4-2-6/h1H2,2-3H3;5-6H,1-4H2. The van der Waals surface area contributed by atoms with Gasteiger partial charge in [-0.1, -0.05) is 6.58 Å². The van der Waals surface area contributed by atoms with Gasteiger partial charge in [0.25, 0.3) is 0 Å². The molecule has 6 heteroatoms. The van der Waals surface area contributed by atoms with Crippen LogP contribution in [0.4, 0.5) is 0 Å². The fourth-order valence-electron chi connectivity index (χ4n) is 0.378. The molecule has 0 aliphatic heterocycles. The largest absolute Gasteiger partial charge is 0.394 e. The zero-order valence-corrected chi connectivity index (χ0v) is 9.06. The smallest absolute Gasteiger partial charge is 0.368 e. The Morgan fingerprint density at radius 1 is 1.27 bits per heavy atom. The van der Waals surface area contributed by atoms with Crippen LogP contribution in [0.2, 0.25) is 0 Å². The molecule has 0 aliphatic rings. The van der Waals surface area contributed by atoms with Crippen molar-refractivity contribution in [1.29, 1.82) is 0 Å². The summed E-state index contributed by atoms with van der Waals surface area (Å²) in [7, 11) is 1.26. The molecule has 0 aromatic rings. The zero-order chi connectivity index (χ0) is 12.1. The number of hydrogen-bond acceptors (Lipinski definition) is 6. The molecule has 0 unspecified atom stereocenters. The van der Waals surface area contributed by atoms with Crippen molar-refractivity contribution in [3.63, 3.8) is 0 Å². The lowest BCUT2D eigenvalue weighted by molar-refractivity contribution is -0.250. The molecule has 0 atom stereocenters. The van der Waals surface area contributed by atoms with E-state index in [2.05, 4.69) is 21.1 Å². The highest BCUT2D eigenvalue weighted by molar-refractivity contribution is 5.86. The van der Waals surface area contributed by atoms with Crippen molar-refractivity contribution in [3.05, 3.63) is 12.2 Å². The van der Waals surface area contributed by atoms with E-state index in [1.54, 1.807) is 6.92 Å². The molecule has 0 rings (SSSR count). The van der Waals surface area contributed by atoms with Gasteiger partial charge in [-0.05, 0) is 6.92 Å². The summed E-state index contributed by atoms with van der Waals surface area (Å²) < 4.78 is 4.63. The number of carbonyl (C=O) groups is 1. The second kappa shape index (κ2) is 13.1. The van der Waals surface area contributed by atoms with Gasteiger partial charge in [-0.3, -0.25) is 4.89 Å². The molecule has 0 spiro atoms. The lowest BCUT2D eigenvalue weighted by atomic mass is 10.4. The summed E-state index contributed by atoms with van der Waals surface area (Å²) in [4.78, 5) is 18.4. The van der Waals surface area contributed by atoms with Crippen molar-refractivity contribution in [2.45, 2.75) is 6.92 Å². The first kappa shape index (κ1) is 16.5. The van der Waals surface area contributed by atoms with Gasteiger partial charge in [0.2, 0.25) is 0 Å². The van der Waals surface area contributed by atoms with Crippen molar-refractivity contribution in [3.8, 4) is 0 Å². The van der Waals surface area contributed by atoms with Crippen LogP contribution in [0.15, 0.2) is 12.2 Å². The summed E-state index contributed by atoms with van der Waals surface area (Å²) in [6.07, 6.45) is 0. The first-order valence-electron chi connectivity index (χ1n) is 4.30. The molecule has 0 fully saturated rings. The maximum atomic E-state index is 10.3. The molecule has 0 saturated carbocycles. The van der Waals surface area contributed by atoms with Gasteiger partial charge >= 0.3 is 5.97 Å². The van der Waals surface area contributed by atoms with Crippen LogP contribution < -0.4 is 0 Å². The summed E-state index contributed by atoms with van der Waals surface area (Å²) in [5, 5.41) is 16.2. The quantitative estimate of drug-likeness (QED) is 0.277. The summed E-state index contributed by atoms with van der Waals surface area (Å²) in [6, 6.07) is 0. The summed E-state index contributed by atoms with van der Waals surface area (Å²) >= 11 is 0. The van der Waals surface area contributed by atoms with E-state index in [1.165, 1.54) is 7.11 Å². The predicted molar refractivity (Wildman–Crippen MR) is 52.9 cm³/mol. The van der Waals surface area contributed by atoms with E-state index in [4.69, 9.17) is 10.2 Å². The number of ether oxygens (including phenoxy) is 1. The van der Waals surface area contributed by atoms with Gasteiger partial charge in [-0.25, -0.2) is 4.79 Å². The van der Waals surface area contributed by atoms with Crippen LogP contribution in [0.5, 0.6) is 0 Å². The molecule has 0 heterocycles. The Morgan fingerprint density at radius 2 is 1.73 bits per heavy atom. The predicted octanol–water partition coefficient (Wildman–Crippen LogP) is -0.345. The highest BCUT2D eigenvalue weighted by Crippen LogP contribution is 1.89. The van der Waals surface area contributed by atoms with E-state index in [0.29, 0.717) is 18.8 Å². The SMILES string of the molecule is C=C(C)C(=O)OOC.OCCOCCO. The van der Waals surface area contributed by atoms with E-state index in [9.17, 15) is 4.79 Å². The third-order valence-electron chi connectivity index (χ3n) is 0.979. The summed E-state index contributed by atoms with van der Waals surface area (Å²) in [5.74, 6) is -0.535. The Hall–Kier alpha value is -0.950. The molecule has 0 aromatic carbocycles. The van der Waals surface area contributed by atoms with E-state index in [-0.39, 0.29) is 13.2 Å². The Balaban J connectivity index is 0. The van der Waals surface area contributed by atoms with Crippen molar-refractivity contribution < 1.29 is 29.5 Å². The number of hydrogen-bond donors (Lipinski definition) is 2. The number of aliphatic hydroxyl groups excluding tert-OH is 2. The average molecular weight is 222 g/mol. The van der Waals surface area contributed by atoms with Crippen LogP contribution in [-0.4, -0.2) is 49.7 Å². The van der Waals surface area contributed by atoms with E-state index in [1.807, 2.05) is 0 Å². The van der Waals surface area contributed by atoms with Gasteiger partial charge in [0.15, 0.2) is 0 Å². The van der Waals surface area contributed by atoms with Gasteiger partial charge in [0.1, 0.15) is 0 Å². The molecule has 0 aliphatic carbocycles. The number of aliphatic hydroxyl groups is 2. The molecule has 0 amide bonds. The molecule has 0 bridgehead atoms. The Labute approximate surface area is 89.0 Å². The van der Waals surface area contributed by atoms with Crippen LogP contribution >= 0.6 is 0 Å². The van der Waals surface area contributed by atoms with Crippen molar-refractivity contribution in [1.82, 2.24) is 0 Å². The molecule has 0 radical (unpaired) electrons. The first-order valence-corrected chi connectivity index (χ1v) is 4.30. The highest BCUT2D eigenvalue weighted by Gasteiger charge is 2.00. The zero-order valence-electron chi connectivity index (χ0n) is 9.06. The molecular formula is C9H18O6. The van der Waals surface area contributed by atoms with E-state index >= 15 is 0 Å². The Morgan fingerprint density at radius 3 is 1.93 bits per heavy atom. The summed E-state index contributed by atoms with van der Waals surface area (Å²) in [6.45, 7) is 5.56. The molecule has 0 aromatic heterocycles. The normalized spacial score (nSPS) is 8.80. The first-order chi connectivity index (χ1) is 7.09. The molecular weight excluding hydrogens is 204 g/mol.